The van der Waals surface area contributed by atoms with Gasteiger partial charge in [-0.2, -0.15) is 0 Å². The Kier molecular flexibility index (Phi) is 4.84. The van der Waals surface area contributed by atoms with Crippen LogP contribution in [0.25, 0.3) is 0 Å². The highest BCUT2D eigenvalue weighted by molar-refractivity contribution is 5.81. The highest BCUT2D eigenvalue weighted by atomic mass is 16.6. The van der Waals surface area contributed by atoms with Crippen LogP contribution < -0.4 is 4.74 Å². The quantitative estimate of drug-likeness (QED) is 0.752. The number of cyclic esters (lactones) is 1. The van der Waals surface area contributed by atoms with Crippen LogP contribution in [0, 0.1) is 5.41 Å². The maximum Gasteiger partial charge on any atom is 0.312 e. The molecule has 1 atom stereocenters. The normalized spacial score (nSPS) is 23.4. The molecule has 1 spiro atoms. The van der Waals surface area contributed by atoms with Gasteiger partial charge in [-0.1, -0.05) is 12.1 Å². The minimum absolute atomic E-state index is 0.0246. The lowest BCUT2D eigenvalue weighted by atomic mass is 9.76. The lowest BCUT2D eigenvalue weighted by Crippen LogP contribution is -2.45. The highest BCUT2D eigenvalue weighted by Gasteiger charge is 2.50. The van der Waals surface area contributed by atoms with Crippen molar-refractivity contribution in [1.29, 1.82) is 0 Å². The number of fused-ring (bicyclic) bond motifs is 1. The molecule has 3 aliphatic heterocycles. The SMILES string of the molecule is CN(C)CC1CC2(CCN(C(=O)Cc3ccc4c(c3)CCO4)CC2)C(=O)O1. The van der Waals surface area contributed by atoms with Crippen molar-refractivity contribution < 1.29 is 19.1 Å². The average Bonchev–Trinajstić information content (AvgIpc) is 3.19. The molecule has 0 saturated carbocycles. The molecule has 6 heteroatoms. The van der Waals surface area contributed by atoms with E-state index < -0.39 is 0 Å². The molecule has 2 fully saturated rings. The molecule has 0 aromatic heterocycles. The fourth-order valence-corrected chi connectivity index (χ4v) is 4.57. The minimum atomic E-state index is -0.387. The van der Waals surface area contributed by atoms with Gasteiger partial charge in [0.2, 0.25) is 5.91 Å². The summed E-state index contributed by atoms with van der Waals surface area (Å²) in [5.74, 6) is 1.01. The molecule has 3 heterocycles. The lowest BCUT2D eigenvalue weighted by Gasteiger charge is -2.36. The number of esters is 1. The molecular weight excluding hydrogens is 344 g/mol. The Morgan fingerprint density at radius 1 is 1.30 bits per heavy atom. The van der Waals surface area contributed by atoms with Gasteiger partial charge in [0.1, 0.15) is 11.9 Å². The van der Waals surface area contributed by atoms with Crippen molar-refractivity contribution in [3.63, 3.8) is 0 Å². The fraction of sp³-hybridized carbons (Fsp3) is 0.619. The van der Waals surface area contributed by atoms with Gasteiger partial charge in [0.05, 0.1) is 18.4 Å². The zero-order chi connectivity index (χ0) is 19.0. The molecule has 0 bridgehead atoms. The molecular formula is C21H28N2O4. The maximum absolute atomic E-state index is 12.7. The topological polar surface area (TPSA) is 59.1 Å². The molecule has 0 aliphatic carbocycles. The van der Waals surface area contributed by atoms with Crippen LogP contribution in [0.5, 0.6) is 5.75 Å². The lowest BCUT2D eigenvalue weighted by molar-refractivity contribution is -0.152. The van der Waals surface area contributed by atoms with Crippen molar-refractivity contribution in [2.45, 2.75) is 38.2 Å². The zero-order valence-corrected chi connectivity index (χ0v) is 16.2. The molecule has 4 rings (SSSR count). The number of carbonyl (C=O) groups excluding carboxylic acids is 2. The third-order valence-corrected chi connectivity index (χ3v) is 6.08. The first-order valence-corrected chi connectivity index (χ1v) is 9.83. The van der Waals surface area contributed by atoms with Gasteiger partial charge in [-0.05, 0) is 44.1 Å². The molecule has 0 radical (unpaired) electrons. The Morgan fingerprint density at radius 2 is 2.07 bits per heavy atom. The first kappa shape index (κ1) is 18.3. The van der Waals surface area contributed by atoms with Crippen LogP contribution in [-0.2, 0) is 27.2 Å². The molecule has 6 nitrogen and oxygen atoms in total. The highest BCUT2D eigenvalue weighted by Crippen LogP contribution is 2.43. The van der Waals surface area contributed by atoms with E-state index in [9.17, 15) is 9.59 Å². The van der Waals surface area contributed by atoms with Gasteiger partial charge < -0.3 is 19.3 Å². The molecule has 2 saturated heterocycles. The van der Waals surface area contributed by atoms with Crippen LogP contribution in [0.3, 0.4) is 0 Å². The van der Waals surface area contributed by atoms with E-state index in [0.29, 0.717) is 32.4 Å². The van der Waals surface area contributed by atoms with E-state index in [0.717, 1.165) is 37.3 Å². The Morgan fingerprint density at radius 3 is 2.81 bits per heavy atom. The molecule has 146 valence electrons. The second-order valence-corrected chi connectivity index (χ2v) is 8.37. The number of amides is 1. The van der Waals surface area contributed by atoms with E-state index in [1.165, 1.54) is 5.56 Å². The molecule has 1 aromatic rings. The van der Waals surface area contributed by atoms with Gasteiger partial charge in [0, 0.05) is 32.5 Å². The summed E-state index contributed by atoms with van der Waals surface area (Å²) in [4.78, 5) is 29.2. The Labute approximate surface area is 160 Å². The third kappa shape index (κ3) is 3.68. The maximum atomic E-state index is 12.7. The average molecular weight is 372 g/mol. The monoisotopic (exact) mass is 372 g/mol. The largest absolute Gasteiger partial charge is 0.493 e. The zero-order valence-electron chi connectivity index (χ0n) is 16.2. The number of carbonyl (C=O) groups is 2. The van der Waals surface area contributed by atoms with E-state index in [1.807, 2.05) is 31.1 Å². The van der Waals surface area contributed by atoms with Crippen LogP contribution in [0.2, 0.25) is 0 Å². The summed E-state index contributed by atoms with van der Waals surface area (Å²) in [5, 5.41) is 0. The summed E-state index contributed by atoms with van der Waals surface area (Å²) in [6.45, 7) is 2.76. The van der Waals surface area contributed by atoms with Gasteiger partial charge in [-0.25, -0.2) is 0 Å². The van der Waals surface area contributed by atoms with E-state index in [4.69, 9.17) is 9.47 Å². The number of rotatable bonds is 4. The van der Waals surface area contributed by atoms with E-state index in [2.05, 4.69) is 11.0 Å². The summed E-state index contributed by atoms with van der Waals surface area (Å²) in [7, 11) is 3.98. The van der Waals surface area contributed by atoms with Crippen molar-refractivity contribution in [2.24, 2.45) is 5.41 Å². The second kappa shape index (κ2) is 7.15. The van der Waals surface area contributed by atoms with Crippen LogP contribution in [0.4, 0.5) is 0 Å². The number of nitrogens with zero attached hydrogens (tertiary/aromatic N) is 2. The number of hydrogen-bond donors (Lipinski definition) is 0. The van der Waals surface area contributed by atoms with E-state index >= 15 is 0 Å². The first-order chi connectivity index (χ1) is 12.9. The fourth-order valence-electron chi connectivity index (χ4n) is 4.57. The van der Waals surface area contributed by atoms with Crippen LogP contribution in [-0.4, -0.2) is 68.1 Å². The van der Waals surface area contributed by atoms with E-state index in [1.54, 1.807) is 0 Å². The number of likely N-dealkylation sites (N-methyl/N-ethyl adjacent to an activating group) is 1. The smallest absolute Gasteiger partial charge is 0.312 e. The standard InChI is InChI=1S/C21H28N2O4/c1-22(2)14-17-13-21(20(25)27-17)6-8-23(9-7-21)19(24)12-15-3-4-18-16(11-15)5-10-26-18/h3-4,11,17H,5-10,12-14H2,1-2H3. The second-order valence-electron chi connectivity index (χ2n) is 8.37. The summed E-state index contributed by atoms with van der Waals surface area (Å²) in [6, 6.07) is 6.04. The predicted octanol–water partition coefficient (Wildman–Crippen LogP) is 1.65. The first-order valence-electron chi connectivity index (χ1n) is 9.83. The summed E-state index contributed by atoms with van der Waals surface area (Å²) < 4.78 is 11.1. The van der Waals surface area contributed by atoms with Crippen molar-refractivity contribution in [3.8, 4) is 5.75 Å². The van der Waals surface area contributed by atoms with Crippen LogP contribution >= 0.6 is 0 Å². The summed E-state index contributed by atoms with van der Waals surface area (Å²) >= 11 is 0. The minimum Gasteiger partial charge on any atom is -0.493 e. The molecule has 1 amide bonds. The van der Waals surface area contributed by atoms with Crippen LogP contribution in [0.1, 0.15) is 30.4 Å². The molecule has 1 aromatic carbocycles. The van der Waals surface area contributed by atoms with Crippen molar-refractivity contribution in [3.05, 3.63) is 29.3 Å². The van der Waals surface area contributed by atoms with Gasteiger partial charge in [0.15, 0.2) is 0 Å². The number of piperidine rings is 1. The third-order valence-electron chi connectivity index (χ3n) is 6.08. The van der Waals surface area contributed by atoms with Gasteiger partial charge >= 0.3 is 5.97 Å². The number of likely N-dealkylation sites (tertiary alicyclic amines) is 1. The van der Waals surface area contributed by atoms with Gasteiger partial charge in [-0.3, -0.25) is 9.59 Å². The summed E-state index contributed by atoms with van der Waals surface area (Å²) in [6.07, 6.45) is 3.49. The number of hydrogen-bond acceptors (Lipinski definition) is 5. The molecule has 27 heavy (non-hydrogen) atoms. The Bertz CT molecular complexity index is 738. The van der Waals surface area contributed by atoms with Gasteiger partial charge in [-0.15, -0.1) is 0 Å². The number of ether oxygens (including phenoxy) is 2. The van der Waals surface area contributed by atoms with Crippen LogP contribution in [0.15, 0.2) is 18.2 Å². The van der Waals surface area contributed by atoms with Crippen molar-refractivity contribution in [1.82, 2.24) is 9.80 Å². The molecule has 1 unspecified atom stereocenters. The van der Waals surface area contributed by atoms with Crippen molar-refractivity contribution in [2.75, 3.05) is 40.3 Å². The van der Waals surface area contributed by atoms with Crippen molar-refractivity contribution >= 4 is 11.9 Å². The van der Waals surface area contributed by atoms with E-state index in [-0.39, 0.29) is 23.4 Å². The van der Waals surface area contributed by atoms with Gasteiger partial charge in [0.25, 0.3) is 0 Å². The predicted molar refractivity (Wildman–Crippen MR) is 101 cm³/mol. The Balaban J connectivity index is 1.34. The summed E-state index contributed by atoms with van der Waals surface area (Å²) in [5.41, 5.74) is 1.84. The molecule has 0 N–H and O–H groups in total. The Hall–Kier alpha value is -2.08. The molecule has 3 aliphatic rings. The number of benzene rings is 1.